The lowest BCUT2D eigenvalue weighted by Crippen LogP contribution is -2.28. The quantitative estimate of drug-likeness (QED) is 0.411. The minimum absolute atomic E-state index is 0.0125. The first-order valence-corrected chi connectivity index (χ1v) is 8.46. The molecule has 0 aromatic heterocycles. The molecule has 0 radical (unpaired) electrons. The SMILES string of the molecule is CC1=C(/C=C/C(C)=C/C=C/C(C)=C/C=C/C=O)C(C)(C)C[C@H](O)C1. The highest BCUT2D eigenvalue weighted by molar-refractivity contribution is 5.65. The predicted octanol–water partition coefficient (Wildman–Crippen LogP) is 5.24. The van der Waals surface area contributed by atoms with Gasteiger partial charge in [0.05, 0.1) is 6.10 Å². The Bertz CT molecular complexity index is 622. The predicted molar refractivity (Wildman–Crippen MR) is 103 cm³/mol. The lowest BCUT2D eigenvalue weighted by atomic mass is 9.71. The summed E-state index contributed by atoms with van der Waals surface area (Å²) in [4.78, 5) is 10.2. The van der Waals surface area contributed by atoms with E-state index in [9.17, 15) is 9.90 Å². The van der Waals surface area contributed by atoms with E-state index in [2.05, 4.69) is 45.9 Å². The van der Waals surface area contributed by atoms with Gasteiger partial charge in [0, 0.05) is 0 Å². The third-order valence-electron chi connectivity index (χ3n) is 4.26. The Morgan fingerprint density at radius 2 is 1.71 bits per heavy atom. The van der Waals surface area contributed by atoms with Crippen LogP contribution in [0, 0.1) is 5.41 Å². The second-order valence-corrected chi connectivity index (χ2v) is 7.17. The Kier molecular flexibility index (Phi) is 7.87. The minimum atomic E-state index is -0.222. The van der Waals surface area contributed by atoms with E-state index in [0.29, 0.717) is 0 Å². The molecule has 2 heteroatoms. The molecule has 0 fully saturated rings. The van der Waals surface area contributed by atoms with Gasteiger partial charge in [0.2, 0.25) is 0 Å². The summed E-state index contributed by atoms with van der Waals surface area (Å²) < 4.78 is 0. The lowest BCUT2D eigenvalue weighted by molar-refractivity contribution is -0.104. The number of carbonyl (C=O) groups is 1. The molecule has 1 aliphatic rings. The van der Waals surface area contributed by atoms with Crippen LogP contribution in [-0.2, 0) is 4.79 Å². The van der Waals surface area contributed by atoms with Gasteiger partial charge >= 0.3 is 0 Å². The van der Waals surface area contributed by atoms with Crippen LogP contribution in [0.3, 0.4) is 0 Å². The van der Waals surface area contributed by atoms with Crippen molar-refractivity contribution in [2.24, 2.45) is 5.41 Å². The van der Waals surface area contributed by atoms with Crippen LogP contribution in [0.4, 0.5) is 0 Å². The summed E-state index contributed by atoms with van der Waals surface area (Å²) >= 11 is 0. The van der Waals surface area contributed by atoms with E-state index in [4.69, 9.17) is 0 Å². The number of allylic oxidation sites excluding steroid dienone is 11. The zero-order valence-corrected chi connectivity index (χ0v) is 15.5. The first-order chi connectivity index (χ1) is 11.3. The molecule has 1 N–H and O–H groups in total. The summed E-state index contributed by atoms with van der Waals surface area (Å²) in [6.45, 7) is 10.6. The fourth-order valence-corrected chi connectivity index (χ4v) is 3.11. The molecule has 0 aromatic rings. The topological polar surface area (TPSA) is 37.3 Å². The van der Waals surface area contributed by atoms with Crippen molar-refractivity contribution in [1.29, 1.82) is 0 Å². The molecule has 2 nitrogen and oxygen atoms in total. The number of aliphatic hydroxyl groups excluding tert-OH is 1. The van der Waals surface area contributed by atoms with Gasteiger partial charge in [-0.3, -0.25) is 4.79 Å². The van der Waals surface area contributed by atoms with Crippen LogP contribution >= 0.6 is 0 Å². The summed E-state index contributed by atoms with van der Waals surface area (Å²) in [6.07, 6.45) is 17.6. The van der Waals surface area contributed by atoms with Crippen LogP contribution in [0.15, 0.2) is 70.9 Å². The van der Waals surface area contributed by atoms with Crippen LogP contribution in [-0.4, -0.2) is 17.5 Å². The number of aldehydes is 1. The van der Waals surface area contributed by atoms with Crippen molar-refractivity contribution in [1.82, 2.24) is 0 Å². The van der Waals surface area contributed by atoms with Crippen molar-refractivity contribution in [3.05, 3.63) is 70.9 Å². The largest absolute Gasteiger partial charge is 0.393 e. The van der Waals surface area contributed by atoms with Crippen molar-refractivity contribution < 1.29 is 9.90 Å². The molecule has 1 aliphatic carbocycles. The Morgan fingerprint density at radius 3 is 2.33 bits per heavy atom. The molecule has 24 heavy (non-hydrogen) atoms. The molecule has 130 valence electrons. The summed E-state index contributed by atoms with van der Waals surface area (Å²) in [7, 11) is 0. The molecule has 0 saturated carbocycles. The molecule has 1 atom stereocenters. The van der Waals surface area contributed by atoms with Gasteiger partial charge in [-0.15, -0.1) is 0 Å². The van der Waals surface area contributed by atoms with E-state index >= 15 is 0 Å². The Labute approximate surface area is 146 Å². The van der Waals surface area contributed by atoms with E-state index in [0.717, 1.165) is 24.7 Å². The van der Waals surface area contributed by atoms with Crippen LogP contribution in [0.25, 0.3) is 0 Å². The van der Waals surface area contributed by atoms with Crippen molar-refractivity contribution in [2.75, 3.05) is 0 Å². The van der Waals surface area contributed by atoms with Crippen molar-refractivity contribution >= 4 is 6.29 Å². The highest BCUT2D eigenvalue weighted by Gasteiger charge is 2.31. The normalized spacial score (nSPS) is 23.0. The van der Waals surface area contributed by atoms with Gasteiger partial charge in [-0.2, -0.15) is 0 Å². The average Bonchev–Trinajstić information content (AvgIpc) is 2.45. The molecule has 0 aliphatic heterocycles. The Hall–Kier alpha value is -1.93. The van der Waals surface area contributed by atoms with E-state index in [1.165, 1.54) is 22.8 Å². The Morgan fingerprint density at radius 1 is 1.08 bits per heavy atom. The van der Waals surface area contributed by atoms with Gasteiger partial charge in [0.1, 0.15) is 6.29 Å². The van der Waals surface area contributed by atoms with Crippen molar-refractivity contribution in [3.63, 3.8) is 0 Å². The molecule has 1 rings (SSSR count). The van der Waals surface area contributed by atoms with Gasteiger partial charge in [-0.05, 0) is 50.7 Å². The monoisotopic (exact) mass is 326 g/mol. The second-order valence-electron chi connectivity index (χ2n) is 7.17. The van der Waals surface area contributed by atoms with Crippen molar-refractivity contribution in [2.45, 2.75) is 53.6 Å². The summed E-state index contributed by atoms with van der Waals surface area (Å²) in [5, 5.41) is 9.95. The molecule has 0 heterocycles. The molecular formula is C22H30O2. The third-order valence-corrected chi connectivity index (χ3v) is 4.26. The maximum Gasteiger partial charge on any atom is 0.142 e. The average molecular weight is 326 g/mol. The minimum Gasteiger partial charge on any atom is -0.393 e. The highest BCUT2D eigenvalue weighted by Crippen LogP contribution is 2.40. The van der Waals surface area contributed by atoms with E-state index in [1.807, 2.05) is 25.2 Å². The number of rotatable bonds is 6. The van der Waals surface area contributed by atoms with Gasteiger partial charge < -0.3 is 5.11 Å². The molecule has 0 saturated heterocycles. The summed E-state index contributed by atoms with van der Waals surface area (Å²) in [5.74, 6) is 0. The number of hydrogen-bond acceptors (Lipinski definition) is 2. The molecule has 0 unspecified atom stereocenters. The standard InChI is InChI=1S/C22H30O2/c1-17(9-6-7-14-23)10-8-11-18(2)12-13-21-19(3)15-20(24)16-22(21,4)5/h6-14,20,24H,15-16H2,1-5H3/b7-6+,10-8+,13-12+,17-9+,18-11+/t20-/m1/s1. The Balaban J connectivity index is 2.79. The maximum atomic E-state index is 10.2. The fourth-order valence-electron chi connectivity index (χ4n) is 3.11. The van der Waals surface area contributed by atoms with Crippen LogP contribution in [0.5, 0.6) is 0 Å². The van der Waals surface area contributed by atoms with Crippen LogP contribution in [0.2, 0.25) is 0 Å². The number of aliphatic hydroxyl groups is 1. The maximum absolute atomic E-state index is 10.2. The molecule has 0 amide bonds. The molecule has 0 spiro atoms. The van der Waals surface area contributed by atoms with Gasteiger partial charge in [-0.25, -0.2) is 0 Å². The van der Waals surface area contributed by atoms with Crippen LogP contribution < -0.4 is 0 Å². The zero-order chi connectivity index (χ0) is 18.2. The third kappa shape index (κ3) is 6.67. The summed E-state index contributed by atoms with van der Waals surface area (Å²) in [6, 6.07) is 0. The van der Waals surface area contributed by atoms with E-state index in [-0.39, 0.29) is 11.5 Å². The van der Waals surface area contributed by atoms with Gasteiger partial charge in [-0.1, -0.05) is 73.1 Å². The highest BCUT2D eigenvalue weighted by atomic mass is 16.3. The molecular weight excluding hydrogens is 296 g/mol. The number of hydrogen-bond donors (Lipinski definition) is 1. The van der Waals surface area contributed by atoms with Crippen molar-refractivity contribution in [3.8, 4) is 0 Å². The molecule has 0 aromatic carbocycles. The summed E-state index contributed by atoms with van der Waals surface area (Å²) in [5.41, 5.74) is 4.88. The smallest absolute Gasteiger partial charge is 0.142 e. The second kappa shape index (κ2) is 9.39. The first-order valence-electron chi connectivity index (χ1n) is 8.46. The van der Waals surface area contributed by atoms with Gasteiger partial charge in [0.25, 0.3) is 0 Å². The number of carbonyl (C=O) groups excluding carboxylic acids is 1. The van der Waals surface area contributed by atoms with E-state index < -0.39 is 0 Å². The van der Waals surface area contributed by atoms with E-state index in [1.54, 1.807) is 6.08 Å². The lowest BCUT2D eigenvalue weighted by Gasteiger charge is -2.35. The zero-order valence-electron chi connectivity index (χ0n) is 15.5. The molecule has 0 bridgehead atoms. The fraction of sp³-hybridized carbons (Fsp3) is 0.409. The van der Waals surface area contributed by atoms with Crippen LogP contribution in [0.1, 0.15) is 47.5 Å². The van der Waals surface area contributed by atoms with Gasteiger partial charge in [0.15, 0.2) is 0 Å². The first kappa shape index (κ1) is 20.1.